The number of thioether (sulfide) groups is 1. The summed E-state index contributed by atoms with van der Waals surface area (Å²) >= 11 is 5.09. The third-order valence-corrected chi connectivity index (χ3v) is 3.08. The van der Waals surface area contributed by atoms with Gasteiger partial charge in [-0.15, -0.1) is 11.8 Å². The molecule has 13 heavy (non-hydrogen) atoms. The molecule has 1 rings (SSSR count). The van der Waals surface area contributed by atoms with Crippen LogP contribution in [-0.2, 0) is 4.79 Å². The fourth-order valence-electron chi connectivity index (χ4n) is 0.843. The van der Waals surface area contributed by atoms with E-state index < -0.39 is 0 Å². The lowest BCUT2D eigenvalue weighted by Crippen LogP contribution is -1.91. The topological polar surface area (TPSA) is 17.1 Å². The van der Waals surface area contributed by atoms with Crippen molar-refractivity contribution in [1.82, 2.24) is 0 Å². The Morgan fingerprint density at radius 2 is 2.00 bits per heavy atom. The highest BCUT2D eigenvalue weighted by Gasteiger charge is 1.96. The van der Waals surface area contributed by atoms with Crippen LogP contribution in [0.1, 0.15) is 13.3 Å². The number of hydrogen-bond acceptors (Lipinski definition) is 2. The van der Waals surface area contributed by atoms with E-state index in [9.17, 15) is 4.79 Å². The van der Waals surface area contributed by atoms with Gasteiger partial charge in [0.15, 0.2) is 0 Å². The zero-order valence-electron chi connectivity index (χ0n) is 7.42. The van der Waals surface area contributed by atoms with Gasteiger partial charge in [-0.3, -0.25) is 4.79 Å². The van der Waals surface area contributed by atoms with Gasteiger partial charge in [-0.25, -0.2) is 0 Å². The largest absolute Gasteiger partial charge is 0.300 e. The molecule has 0 radical (unpaired) electrons. The highest BCUT2D eigenvalue weighted by atomic mass is 79.9. The van der Waals surface area contributed by atoms with Crippen LogP contribution >= 0.6 is 27.7 Å². The summed E-state index contributed by atoms with van der Waals surface area (Å²) in [5, 5.41) is 0. The minimum atomic E-state index is 0.254. The molecule has 1 nitrogen and oxygen atoms in total. The van der Waals surface area contributed by atoms with Crippen LogP contribution in [0.25, 0.3) is 0 Å². The maximum Gasteiger partial charge on any atom is 0.130 e. The smallest absolute Gasteiger partial charge is 0.130 e. The van der Waals surface area contributed by atoms with E-state index in [1.807, 2.05) is 12.1 Å². The van der Waals surface area contributed by atoms with Crippen LogP contribution in [-0.4, -0.2) is 11.5 Å². The second-order valence-electron chi connectivity index (χ2n) is 2.75. The molecule has 70 valence electrons. The van der Waals surface area contributed by atoms with Gasteiger partial charge < -0.3 is 0 Å². The summed E-state index contributed by atoms with van der Waals surface area (Å²) in [6.07, 6.45) is 0.654. The van der Waals surface area contributed by atoms with Crippen LogP contribution in [0.4, 0.5) is 0 Å². The number of ketones is 1. The first kappa shape index (κ1) is 10.8. The summed E-state index contributed by atoms with van der Waals surface area (Å²) < 4.78 is 1.09. The van der Waals surface area contributed by atoms with Gasteiger partial charge in [-0.05, 0) is 31.2 Å². The van der Waals surface area contributed by atoms with Crippen molar-refractivity contribution in [2.45, 2.75) is 18.2 Å². The number of hydrogen-bond donors (Lipinski definition) is 0. The van der Waals surface area contributed by atoms with Crippen molar-refractivity contribution in [3.63, 3.8) is 0 Å². The van der Waals surface area contributed by atoms with Crippen molar-refractivity contribution in [3.05, 3.63) is 28.7 Å². The van der Waals surface area contributed by atoms with Crippen molar-refractivity contribution >= 4 is 33.5 Å². The highest BCUT2D eigenvalue weighted by molar-refractivity contribution is 9.10. The van der Waals surface area contributed by atoms with Crippen LogP contribution < -0.4 is 0 Å². The normalized spacial score (nSPS) is 10.0. The molecule has 0 aromatic heterocycles. The van der Waals surface area contributed by atoms with Crippen molar-refractivity contribution in [1.29, 1.82) is 0 Å². The van der Waals surface area contributed by atoms with Gasteiger partial charge in [0.2, 0.25) is 0 Å². The van der Waals surface area contributed by atoms with Crippen LogP contribution in [0.2, 0.25) is 0 Å². The van der Waals surface area contributed by atoms with E-state index in [4.69, 9.17) is 0 Å². The Morgan fingerprint density at radius 3 is 2.54 bits per heavy atom. The Labute approximate surface area is 91.0 Å². The van der Waals surface area contributed by atoms with Gasteiger partial charge in [0.05, 0.1) is 0 Å². The summed E-state index contributed by atoms with van der Waals surface area (Å²) in [7, 11) is 0. The molecule has 0 aliphatic carbocycles. The molecular formula is C10H11BrOS. The molecule has 0 N–H and O–H groups in total. The third kappa shape index (κ3) is 4.48. The predicted molar refractivity (Wildman–Crippen MR) is 60.2 cm³/mol. The quantitative estimate of drug-likeness (QED) is 0.769. The third-order valence-electron chi connectivity index (χ3n) is 1.54. The number of carbonyl (C=O) groups excluding carboxylic acids is 1. The molecule has 1 aromatic carbocycles. The number of Topliss-reactive ketones (excluding diaryl/α,β-unsaturated/α-hetero) is 1. The molecule has 0 unspecified atom stereocenters. The van der Waals surface area contributed by atoms with Gasteiger partial charge in [0, 0.05) is 21.5 Å². The second kappa shape index (κ2) is 5.45. The molecule has 0 atom stereocenters. The first-order valence-electron chi connectivity index (χ1n) is 4.06. The van der Waals surface area contributed by atoms with Crippen molar-refractivity contribution < 1.29 is 4.79 Å². The highest BCUT2D eigenvalue weighted by Crippen LogP contribution is 2.20. The minimum Gasteiger partial charge on any atom is -0.300 e. The molecule has 0 heterocycles. The van der Waals surface area contributed by atoms with E-state index in [1.54, 1.807) is 18.7 Å². The predicted octanol–water partition coefficient (Wildman–Crippen LogP) is 3.52. The van der Waals surface area contributed by atoms with Gasteiger partial charge in [0.1, 0.15) is 5.78 Å². The van der Waals surface area contributed by atoms with E-state index in [2.05, 4.69) is 28.1 Å². The molecule has 0 spiro atoms. The van der Waals surface area contributed by atoms with Crippen LogP contribution in [0.15, 0.2) is 33.6 Å². The Morgan fingerprint density at radius 1 is 1.38 bits per heavy atom. The van der Waals surface area contributed by atoms with Crippen LogP contribution in [0, 0.1) is 0 Å². The SMILES string of the molecule is CC(=O)CCSc1ccc(Br)cc1. The Balaban J connectivity index is 2.37. The van der Waals surface area contributed by atoms with E-state index in [-0.39, 0.29) is 5.78 Å². The standard InChI is InChI=1S/C10H11BrOS/c1-8(12)6-7-13-10-4-2-9(11)3-5-10/h2-5H,6-7H2,1H3. The molecule has 0 saturated heterocycles. The summed E-state index contributed by atoms with van der Waals surface area (Å²) in [6.45, 7) is 1.63. The molecule has 0 bridgehead atoms. The van der Waals surface area contributed by atoms with Gasteiger partial charge in [-0.2, -0.15) is 0 Å². The average Bonchev–Trinajstić information content (AvgIpc) is 2.08. The van der Waals surface area contributed by atoms with E-state index in [0.29, 0.717) is 6.42 Å². The number of benzene rings is 1. The Kier molecular flexibility index (Phi) is 4.53. The molecule has 0 saturated carbocycles. The zero-order chi connectivity index (χ0) is 9.68. The van der Waals surface area contributed by atoms with E-state index >= 15 is 0 Å². The second-order valence-corrected chi connectivity index (χ2v) is 4.84. The fourth-order valence-corrected chi connectivity index (χ4v) is 2.06. The van der Waals surface area contributed by atoms with E-state index in [0.717, 1.165) is 10.2 Å². The van der Waals surface area contributed by atoms with Crippen LogP contribution in [0.3, 0.4) is 0 Å². The van der Waals surface area contributed by atoms with E-state index in [1.165, 1.54) is 4.90 Å². The molecule has 0 fully saturated rings. The Hall–Kier alpha value is -0.280. The monoisotopic (exact) mass is 258 g/mol. The van der Waals surface area contributed by atoms with Crippen molar-refractivity contribution in [3.8, 4) is 0 Å². The average molecular weight is 259 g/mol. The lowest BCUT2D eigenvalue weighted by Gasteiger charge is -1.99. The minimum absolute atomic E-state index is 0.254. The number of carbonyl (C=O) groups is 1. The molecular weight excluding hydrogens is 248 g/mol. The maximum atomic E-state index is 10.7. The summed E-state index contributed by atoms with van der Waals surface area (Å²) in [5.74, 6) is 1.13. The zero-order valence-corrected chi connectivity index (χ0v) is 9.82. The molecule has 1 aromatic rings. The molecule has 0 amide bonds. The fraction of sp³-hybridized carbons (Fsp3) is 0.300. The molecule has 0 aliphatic heterocycles. The lowest BCUT2D eigenvalue weighted by molar-refractivity contribution is -0.116. The summed E-state index contributed by atoms with van der Waals surface area (Å²) in [6, 6.07) is 8.12. The maximum absolute atomic E-state index is 10.7. The lowest BCUT2D eigenvalue weighted by atomic mass is 10.4. The first-order chi connectivity index (χ1) is 6.18. The summed E-state index contributed by atoms with van der Waals surface area (Å²) in [5.41, 5.74) is 0. The van der Waals surface area contributed by atoms with Gasteiger partial charge in [0.25, 0.3) is 0 Å². The van der Waals surface area contributed by atoms with Crippen molar-refractivity contribution in [2.24, 2.45) is 0 Å². The summed E-state index contributed by atoms with van der Waals surface area (Å²) in [4.78, 5) is 11.9. The molecule has 3 heteroatoms. The van der Waals surface area contributed by atoms with Crippen molar-refractivity contribution in [2.75, 3.05) is 5.75 Å². The first-order valence-corrected chi connectivity index (χ1v) is 5.84. The number of halogens is 1. The van der Waals surface area contributed by atoms with Crippen LogP contribution in [0.5, 0.6) is 0 Å². The molecule has 0 aliphatic rings. The number of rotatable bonds is 4. The van der Waals surface area contributed by atoms with Gasteiger partial charge in [-0.1, -0.05) is 15.9 Å². The van der Waals surface area contributed by atoms with Gasteiger partial charge >= 0.3 is 0 Å². The Bertz CT molecular complexity index is 281.